The third kappa shape index (κ3) is 1.85. The van der Waals surface area contributed by atoms with Crippen LogP contribution in [-0.2, 0) is 6.42 Å². The molecule has 0 N–H and O–H groups in total. The van der Waals surface area contributed by atoms with Gasteiger partial charge in [-0.1, -0.05) is 25.1 Å². The summed E-state index contributed by atoms with van der Waals surface area (Å²) in [7, 11) is 0. The van der Waals surface area contributed by atoms with Gasteiger partial charge in [-0.05, 0) is 38.0 Å². The predicted octanol–water partition coefficient (Wildman–Crippen LogP) is 3.53. The smallest absolute Gasteiger partial charge is 0.101 e. The number of benzene rings is 1. The van der Waals surface area contributed by atoms with E-state index in [-0.39, 0.29) is 0 Å². The molecule has 0 aliphatic carbocycles. The molecule has 2 nitrogen and oxygen atoms in total. The molecule has 2 aromatic rings. The van der Waals surface area contributed by atoms with Crippen LogP contribution in [0.4, 0.5) is 0 Å². The standard InChI is InChI=1S/C15H16N2/c1-4-13-7-5-6-8-15(13)17-11(2)9-14(10-16)12(17)3/h5-9H,4H2,1-3H3. The number of aromatic nitrogens is 1. The van der Waals surface area contributed by atoms with Crippen molar-refractivity contribution < 1.29 is 0 Å². The van der Waals surface area contributed by atoms with E-state index in [0.29, 0.717) is 0 Å². The zero-order valence-electron chi connectivity index (χ0n) is 10.5. The highest BCUT2D eigenvalue weighted by Crippen LogP contribution is 2.23. The van der Waals surface area contributed by atoms with Crippen molar-refractivity contribution >= 4 is 0 Å². The number of aryl methyl sites for hydroxylation is 2. The second-order valence-corrected chi connectivity index (χ2v) is 4.21. The van der Waals surface area contributed by atoms with Crippen LogP contribution in [0.3, 0.4) is 0 Å². The quantitative estimate of drug-likeness (QED) is 0.767. The van der Waals surface area contributed by atoms with Crippen molar-refractivity contribution in [3.8, 4) is 11.8 Å². The molecule has 2 heteroatoms. The van der Waals surface area contributed by atoms with Gasteiger partial charge in [-0.25, -0.2) is 0 Å². The average Bonchev–Trinajstić information content (AvgIpc) is 2.64. The molecule has 0 saturated heterocycles. The lowest BCUT2D eigenvalue weighted by Gasteiger charge is -2.13. The molecule has 0 aliphatic heterocycles. The number of hydrogen-bond acceptors (Lipinski definition) is 1. The van der Waals surface area contributed by atoms with Crippen LogP contribution in [-0.4, -0.2) is 4.57 Å². The molecule has 0 aliphatic rings. The molecule has 0 amide bonds. The Morgan fingerprint density at radius 2 is 1.94 bits per heavy atom. The van der Waals surface area contributed by atoms with Gasteiger partial charge in [0.25, 0.3) is 0 Å². The summed E-state index contributed by atoms with van der Waals surface area (Å²) < 4.78 is 2.16. The molecule has 17 heavy (non-hydrogen) atoms. The minimum Gasteiger partial charge on any atom is -0.317 e. The molecule has 0 atom stereocenters. The van der Waals surface area contributed by atoms with Crippen LogP contribution in [0, 0.1) is 25.2 Å². The second kappa shape index (κ2) is 4.47. The summed E-state index contributed by atoms with van der Waals surface area (Å²) in [6.07, 6.45) is 0.995. The molecule has 0 bridgehead atoms. The fourth-order valence-electron chi connectivity index (χ4n) is 2.27. The Labute approximate surface area is 102 Å². The lowest BCUT2D eigenvalue weighted by molar-refractivity contribution is 0.936. The first-order chi connectivity index (χ1) is 8.19. The van der Waals surface area contributed by atoms with Crippen molar-refractivity contribution in [1.82, 2.24) is 4.57 Å². The molecule has 0 unspecified atom stereocenters. The lowest BCUT2D eigenvalue weighted by atomic mass is 10.1. The summed E-state index contributed by atoms with van der Waals surface area (Å²) in [4.78, 5) is 0. The van der Waals surface area contributed by atoms with Crippen molar-refractivity contribution in [2.24, 2.45) is 0 Å². The van der Waals surface area contributed by atoms with Crippen LogP contribution in [0.25, 0.3) is 5.69 Å². The highest BCUT2D eigenvalue weighted by molar-refractivity contribution is 5.49. The van der Waals surface area contributed by atoms with Gasteiger partial charge in [0, 0.05) is 17.1 Å². The summed E-state index contributed by atoms with van der Waals surface area (Å²) >= 11 is 0. The number of para-hydroxylation sites is 1. The van der Waals surface area contributed by atoms with E-state index in [9.17, 15) is 0 Å². The van der Waals surface area contributed by atoms with Crippen LogP contribution >= 0.6 is 0 Å². The van der Waals surface area contributed by atoms with Crippen LogP contribution in [0.15, 0.2) is 30.3 Å². The lowest BCUT2D eigenvalue weighted by Crippen LogP contribution is -2.02. The topological polar surface area (TPSA) is 28.7 Å². The summed E-state index contributed by atoms with van der Waals surface area (Å²) in [5.41, 5.74) is 5.38. The van der Waals surface area contributed by atoms with Gasteiger partial charge in [0.05, 0.1) is 5.56 Å². The third-order valence-electron chi connectivity index (χ3n) is 3.17. The average molecular weight is 224 g/mol. The Balaban J connectivity index is 2.69. The van der Waals surface area contributed by atoms with Gasteiger partial charge in [0.1, 0.15) is 6.07 Å². The summed E-state index contributed by atoms with van der Waals surface area (Å²) in [6.45, 7) is 6.19. The molecule has 1 aromatic heterocycles. The molecule has 0 fully saturated rings. The maximum absolute atomic E-state index is 9.07. The van der Waals surface area contributed by atoms with Crippen molar-refractivity contribution in [2.75, 3.05) is 0 Å². The summed E-state index contributed by atoms with van der Waals surface area (Å²) in [6, 6.07) is 12.5. The minimum atomic E-state index is 0.758. The van der Waals surface area contributed by atoms with Gasteiger partial charge in [0.15, 0.2) is 0 Å². The molecule has 0 spiro atoms. The predicted molar refractivity (Wildman–Crippen MR) is 69.3 cm³/mol. The van der Waals surface area contributed by atoms with Crippen molar-refractivity contribution in [3.05, 3.63) is 52.8 Å². The number of rotatable bonds is 2. The van der Waals surface area contributed by atoms with Gasteiger partial charge in [-0.15, -0.1) is 0 Å². The summed E-state index contributed by atoms with van der Waals surface area (Å²) in [5, 5.41) is 9.07. The molecular weight excluding hydrogens is 208 g/mol. The Morgan fingerprint density at radius 3 is 2.53 bits per heavy atom. The number of nitrogens with zero attached hydrogens (tertiary/aromatic N) is 2. The number of nitriles is 1. The first-order valence-electron chi connectivity index (χ1n) is 5.86. The molecule has 86 valence electrons. The SMILES string of the molecule is CCc1ccccc1-n1c(C)cc(C#N)c1C. The first-order valence-corrected chi connectivity index (χ1v) is 5.86. The van der Waals surface area contributed by atoms with E-state index in [4.69, 9.17) is 5.26 Å². The van der Waals surface area contributed by atoms with Crippen molar-refractivity contribution in [1.29, 1.82) is 5.26 Å². The van der Waals surface area contributed by atoms with Gasteiger partial charge in [-0.2, -0.15) is 5.26 Å². The number of hydrogen-bond donors (Lipinski definition) is 0. The molecule has 0 saturated carbocycles. The fraction of sp³-hybridized carbons (Fsp3) is 0.267. The molecule has 2 rings (SSSR count). The van der Waals surface area contributed by atoms with E-state index in [1.807, 2.05) is 26.0 Å². The van der Waals surface area contributed by atoms with Gasteiger partial charge in [-0.3, -0.25) is 0 Å². The zero-order chi connectivity index (χ0) is 12.4. The van der Waals surface area contributed by atoms with Gasteiger partial charge in [0.2, 0.25) is 0 Å². The highest BCUT2D eigenvalue weighted by atomic mass is 15.0. The van der Waals surface area contributed by atoms with E-state index >= 15 is 0 Å². The third-order valence-corrected chi connectivity index (χ3v) is 3.17. The first kappa shape index (κ1) is 11.5. The van der Waals surface area contributed by atoms with Crippen LogP contribution in [0.5, 0.6) is 0 Å². The van der Waals surface area contributed by atoms with E-state index in [1.54, 1.807) is 0 Å². The van der Waals surface area contributed by atoms with E-state index in [0.717, 1.165) is 23.4 Å². The van der Waals surface area contributed by atoms with Gasteiger partial charge >= 0.3 is 0 Å². The van der Waals surface area contributed by atoms with Crippen LogP contribution in [0.2, 0.25) is 0 Å². The van der Waals surface area contributed by atoms with E-state index < -0.39 is 0 Å². The zero-order valence-corrected chi connectivity index (χ0v) is 10.5. The van der Waals surface area contributed by atoms with E-state index in [2.05, 4.69) is 35.8 Å². The van der Waals surface area contributed by atoms with Crippen LogP contribution < -0.4 is 0 Å². The molecular formula is C15H16N2. The Bertz CT molecular complexity index is 585. The molecule has 1 heterocycles. The van der Waals surface area contributed by atoms with E-state index in [1.165, 1.54) is 11.3 Å². The van der Waals surface area contributed by atoms with Crippen molar-refractivity contribution in [3.63, 3.8) is 0 Å². The maximum atomic E-state index is 9.07. The second-order valence-electron chi connectivity index (χ2n) is 4.21. The maximum Gasteiger partial charge on any atom is 0.101 e. The normalized spacial score (nSPS) is 10.2. The Hall–Kier alpha value is -2.01. The Kier molecular flexibility index (Phi) is 3.01. The van der Waals surface area contributed by atoms with Crippen molar-refractivity contribution in [2.45, 2.75) is 27.2 Å². The summed E-state index contributed by atoms with van der Waals surface area (Å²) in [5.74, 6) is 0. The monoisotopic (exact) mass is 224 g/mol. The molecule has 1 aromatic carbocycles. The fourth-order valence-corrected chi connectivity index (χ4v) is 2.27. The highest BCUT2D eigenvalue weighted by Gasteiger charge is 2.11. The van der Waals surface area contributed by atoms with Crippen LogP contribution in [0.1, 0.15) is 29.4 Å². The minimum absolute atomic E-state index is 0.758. The Morgan fingerprint density at radius 1 is 1.24 bits per heavy atom. The molecule has 0 radical (unpaired) electrons. The van der Waals surface area contributed by atoms with Gasteiger partial charge < -0.3 is 4.57 Å². The largest absolute Gasteiger partial charge is 0.317 e.